The first kappa shape index (κ1) is 26.7. The van der Waals surface area contributed by atoms with E-state index in [0.717, 1.165) is 0 Å². The number of nitrogens with two attached hydrogens (primary N) is 1. The molecule has 14 heteroatoms. The topological polar surface area (TPSA) is 141 Å². The van der Waals surface area contributed by atoms with Crippen molar-refractivity contribution in [2.75, 3.05) is 25.4 Å². The lowest BCUT2D eigenvalue weighted by Crippen LogP contribution is -2.42. The van der Waals surface area contributed by atoms with Crippen LogP contribution in [-0.4, -0.2) is 65.6 Å². The van der Waals surface area contributed by atoms with Gasteiger partial charge in [-0.2, -0.15) is 13.2 Å². The fourth-order valence-electron chi connectivity index (χ4n) is 2.83. The van der Waals surface area contributed by atoms with E-state index in [1.165, 1.54) is 10.4 Å². The Morgan fingerprint density at radius 3 is 2.13 bits per heavy atom. The van der Waals surface area contributed by atoms with Crippen LogP contribution in [0.3, 0.4) is 0 Å². The number of carboxylic acid groups (broad SMARTS) is 1. The average molecular weight is 497 g/mol. The van der Waals surface area contributed by atoms with Crippen molar-refractivity contribution < 1.29 is 41.7 Å². The average Bonchev–Trinajstić information content (AvgIpc) is 2.64. The van der Waals surface area contributed by atoms with Gasteiger partial charge in [-0.15, -0.1) is 0 Å². The maximum Gasteiger partial charge on any atom is 0.490 e. The number of halogens is 5. The Kier molecular flexibility index (Phi) is 9.64. The summed E-state index contributed by atoms with van der Waals surface area (Å²) >= 11 is 11.8. The Balaban J connectivity index is 0.000000553. The number of piperidine rings is 1. The van der Waals surface area contributed by atoms with Crippen molar-refractivity contribution in [1.82, 2.24) is 4.31 Å². The molecule has 1 aromatic rings. The maximum atomic E-state index is 11.9. The van der Waals surface area contributed by atoms with Crippen LogP contribution in [0, 0.1) is 5.92 Å². The molecule has 0 spiro atoms. The molecule has 30 heavy (non-hydrogen) atoms. The third kappa shape index (κ3) is 7.43. The Hall–Kier alpha value is -1.31. The van der Waals surface area contributed by atoms with E-state index in [0.29, 0.717) is 36.5 Å². The van der Waals surface area contributed by atoms with Gasteiger partial charge in [-0.05, 0) is 24.8 Å². The SMILES string of the molecule is N[C@@H](c1cc(Cl)c(Cl)cc1O)C1CCN(S(=O)(=O)CCO)CC1.O=C(O)C(F)(F)F. The Bertz CT molecular complexity index is 846. The number of aliphatic hydroxyl groups excluding tert-OH is 1. The normalized spacial score (nSPS) is 17.2. The van der Waals surface area contributed by atoms with E-state index in [1.807, 2.05) is 0 Å². The second-order valence-electron chi connectivity index (χ2n) is 6.43. The third-order valence-electron chi connectivity index (χ3n) is 4.42. The highest BCUT2D eigenvalue weighted by Gasteiger charge is 2.38. The molecule has 0 amide bonds. The molecular formula is C16H21Cl2F3N2O6S. The van der Waals surface area contributed by atoms with Crippen molar-refractivity contribution >= 4 is 39.2 Å². The number of benzene rings is 1. The van der Waals surface area contributed by atoms with Gasteiger partial charge in [0, 0.05) is 30.8 Å². The lowest BCUT2D eigenvalue weighted by atomic mass is 9.86. The van der Waals surface area contributed by atoms with E-state index in [-0.39, 0.29) is 29.0 Å². The number of phenols is 1. The van der Waals surface area contributed by atoms with Crippen molar-refractivity contribution in [3.05, 3.63) is 27.7 Å². The number of sulfonamides is 1. The highest BCUT2D eigenvalue weighted by molar-refractivity contribution is 7.89. The van der Waals surface area contributed by atoms with Gasteiger partial charge in [-0.3, -0.25) is 0 Å². The maximum absolute atomic E-state index is 11.9. The van der Waals surface area contributed by atoms with Crippen molar-refractivity contribution in [2.24, 2.45) is 11.7 Å². The van der Waals surface area contributed by atoms with Crippen LogP contribution in [0.1, 0.15) is 24.4 Å². The largest absolute Gasteiger partial charge is 0.508 e. The van der Waals surface area contributed by atoms with Gasteiger partial charge in [-0.1, -0.05) is 23.2 Å². The second-order valence-corrected chi connectivity index (χ2v) is 9.33. The van der Waals surface area contributed by atoms with Crippen LogP contribution < -0.4 is 5.73 Å². The van der Waals surface area contributed by atoms with Crippen LogP contribution in [0.2, 0.25) is 10.0 Å². The molecule has 1 aliphatic rings. The first-order valence-corrected chi connectivity index (χ1v) is 10.9. The number of aliphatic hydroxyl groups is 1. The molecule has 5 N–H and O–H groups in total. The number of carbonyl (C=O) groups is 1. The van der Waals surface area contributed by atoms with Gasteiger partial charge < -0.3 is 21.1 Å². The summed E-state index contributed by atoms with van der Waals surface area (Å²) in [6.45, 7) is 0.310. The summed E-state index contributed by atoms with van der Waals surface area (Å²) in [6, 6.07) is 2.46. The van der Waals surface area contributed by atoms with Gasteiger partial charge in [0.1, 0.15) is 5.75 Å². The summed E-state index contributed by atoms with van der Waals surface area (Å²) in [7, 11) is -3.41. The molecule has 0 bridgehead atoms. The van der Waals surface area contributed by atoms with Gasteiger partial charge in [0.05, 0.1) is 22.4 Å². The quantitative estimate of drug-likeness (QED) is 0.490. The van der Waals surface area contributed by atoms with Gasteiger partial charge >= 0.3 is 12.1 Å². The molecule has 1 aromatic carbocycles. The van der Waals surface area contributed by atoms with Crippen molar-refractivity contribution in [1.29, 1.82) is 0 Å². The standard InChI is InChI=1S/C14H20Cl2N2O4S.C2HF3O2/c15-11-7-10(13(20)8-12(11)16)14(17)9-1-3-18(4-2-9)23(21,22)6-5-19;3-2(4,5)1(6)7/h7-9,14,19-20H,1-6,17H2;(H,6,7)/t14-;/m1./s1. The Labute approximate surface area is 181 Å². The Morgan fingerprint density at radius 1 is 1.23 bits per heavy atom. The first-order chi connectivity index (χ1) is 13.7. The number of hydrogen-bond acceptors (Lipinski definition) is 6. The van der Waals surface area contributed by atoms with E-state index in [4.69, 9.17) is 43.9 Å². The fourth-order valence-corrected chi connectivity index (χ4v) is 4.42. The van der Waals surface area contributed by atoms with Gasteiger partial charge in [0.2, 0.25) is 10.0 Å². The number of aliphatic carboxylic acids is 1. The van der Waals surface area contributed by atoms with Crippen LogP contribution in [-0.2, 0) is 14.8 Å². The number of nitrogens with zero attached hydrogens (tertiary/aromatic N) is 1. The zero-order valence-electron chi connectivity index (χ0n) is 15.4. The predicted octanol–water partition coefficient (Wildman–Crippen LogP) is 2.37. The molecular weight excluding hydrogens is 476 g/mol. The number of hydrogen-bond donors (Lipinski definition) is 4. The number of phenolic OH excluding ortho intramolecular Hbond substituents is 1. The fraction of sp³-hybridized carbons (Fsp3) is 0.562. The minimum atomic E-state index is -5.08. The summed E-state index contributed by atoms with van der Waals surface area (Å²) in [5.41, 5.74) is 6.74. The van der Waals surface area contributed by atoms with Crippen molar-refractivity contribution in [2.45, 2.75) is 25.1 Å². The third-order valence-corrected chi connectivity index (χ3v) is 6.99. The molecule has 172 valence electrons. The van der Waals surface area contributed by atoms with Crippen LogP contribution >= 0.6 is 23.2 Å². The van der Waals surface area contributed by atoms with Crippen LogP contribution in [0.15, 0.2) is 12.1 Å². The monoisotopic (exact) mass is 496 g/mol. The minimum Gasteiger partial charge on any atom is -0.508 e. The molecule has 0 radical (unpaired) electrons. The molecule has 8 nitrogen and oxygen atoms in total. The molecule has 2 rings (SSSR count). The summed E-state index contributed by atoms with van der Waals surface area (Å²) < 4.78 is 57.0. The van der Waals surface area contributed by atoms with Gasteiger partial charge in [-0.25, -0.2) is 17.5 Å². The van der Waals surface area contributed by atoms with Crippen LogP contribution in [0.5, 0.6) is 5.75 Å². The second kappa shape index (κ2) is 10.8. The summed E-state index contributed by atoms with van der Waals surface area (Å²) in [5.74, 6) is -3.01. The molecule has 1 heterocycles. The van der Waals surface area contributed by atoms with E-state index in [2.05, 4.69) is 0 Å². The molecule has 1 aliphatic heterocycles. The number of alkyl halides is 3. The highest BCUT2D eigenvalue weighted by Crippen LogP contribution is 2.38. The molecule has 0 aliphatic carbocycles. The highest BCUT2D eigenvalue weighted by atomic mass is 35.5. The molecule has 0 saturated carbocycles. The van der Waals surface area contributed by atoms with E-state index < -0.39 is 28.2 Å². The predicted molar refractivity (Wildman–Crippen MR) is 104 cm³/mol. The van der Waals surface area contributed by atoms with Gasteiger partial charge in [0.25, 0.3) is 0 Å². The van der Waals surface area contributed by atoms with Crippen molar-refractivity contribution in [3.8, 4) is 5.75 Å². The van der Waals surface area contributed by atoms with E-state index >= 15 is 0 Å². The lowest BCUT2D eigenvalue weighted by Gasteiger charge is -2.34. The van der Waals surface area contributed by atoms with Crippen LogP contribution in [0.4, 0.5) is 13.2 Å². The first-order valence-electron chi connectivity index (χ1n) is 8.53. The number of aromatic hydroxyl groups is 1. The molecule has 1 fully saturated rings. The number of rotatable bonds is 5. The lowest BCUT2D eigenvalue weighted by molar-refractivity contribution is -0.192. The Morgan fingerprint density at radius 2 is 1.70 bits per heavy atom. The smallest absolute Gasteiger partial charge is 0.490 e. The van der Waals surface area contributed by atoms with Gasteiger partial charge in [0.15, 0.2) is 0 Å². The van der Waals surface area contributed by atoms with Crippen LogP contribution in [0.25, 0.3) is 0 Å². The molecule has 1 atom stereocenters. The summed E-state index contributed by atoms with van der Waals surface area (Å²) in [5, 5.41) is 26.5. The number of carboxylic acids is 1. The van der Waals surface area contributed by atoms with Crippen molar-refractivity contribution in [3.63, 3.8) is 0 Å². The molecule has 0 unspecified atom stereocenters. The summed E-state index contributed by atoms with van der Waals surface area (Å²) in [4.78, 5) is 8.90. The molecule has 1 saturated heterocycles. The minimum absolute atomic E-state index is 0.0118. The summed E-state index contributed by atoms with van der Waals surface area (Å²) in [6.07, 6.45) is -3.93. The van der Waals surface area contributed by atoms with E-state index in [9.17, 15) is 26.7 Å². The zero-order chi connectivity index (χ0) is 23.3. The molecule has 0 aromatic heterocycles. The zero-order valence-corrected chi connectivity index (χ0v) is 17.8. The van der Waals surface area contributed by atoms with E-state index in [1.54, 1.807) is 6.07 Å².